The number of carbonyl (C=O) groups excluding carboxylic acids is 1. The summed E-state index contributed by atoms with van der Waals surface area (Å²) in [5, 5.41) is 5.85. The van der Waals surface area contributed by atoms with Crippen molar-refractivity contribution < 1.29 is 9.21 Å². The van der Waals surface area contributed by atoms with Crippen molar-refractivity contribution in [2.75, 3.05) is 43.9 Å². The van der Waals surface area contributed by atoms with Gasteiger partial charge in [0.15, 0.2) is 0 Å². The zero-order valence-electron chi connectivity index (χ0n) is 15.8. The van der Waals surface area contributed by atoms with E-state index in [-0.39, 0.29) is 12.1 Å². The van der Waals surface area contributed by atoms with E-state index in [0.717, 1.165) is 24.5 Å². The summed E-state index contributed by atoms with van der Waals surface area (Å²) >= 11 is 0. The molecule has 1 fully saturated rings. The van der Waals surface area contributed by atoms with Crippen LogP contribution in [0.4, 0.5) is 16.2 Å². The molecule has 1 aliphatic heterocycles. The Bertz CT molecular complexity index is 721. The van der Waals surface area contributed by atoms with E-state index in [1.54, 1.807) is 6.26 Å². The monoisotopic (exact) mass is 356 g/mol. The lowest BCUT2D eigenvalue weighted by atomic mass is 10.1. The van der Waals surface area contributed by atoms with Gasteiger partial charge in [-0.05, 0) is 69.8 Å². The SMILES string of the molecule is Cc1cc(NC(=O)NC[C@H](c2ccco2)N(C)C)ccc1N1CCCC1. The van der Waals surface area contributed by atoms with Crippen LogP contribution >= 0.6 is 0 Å². The maximum Gasteiger partial charge on any atom is 0.319 e. The van der Waals surface area contributed by atoms with Crippen LogP contribution in [-0.2, 0) is 0 Å². The molecular weight excluding hydrogens is 328 g/mol. The van der Waals surface area contributed by atoms with Crippen LogP contribution in [0.25, 0.3) is 0 Å². The van der Waals surface area contributed by atoms with E-state index in [0.29, 0.717) is 6.54 Å². The van der Waals surface area contributed by atoms with Gasteiger partial charge in [0.05, 0.1) is 12.3 Å². The Kier molecular flexibility index (Phi) is 5.83. The van der Waals surface area contributed by atoms with E-state index in [1.807, 2.05) is 43.3 Å². The second-order valence-corrected chi connectivity index (χ2v) is 7.03. The van der Waals surface area contributed by atoms with Crippen molar-refractivity contribution in [3.05, 3.63) is 47.9 Å². The van der Waals surface area contributed by atoms with E-state index in [9.17, 15) is 4.79 Å². The van der Waals surface area contributed by atoms with E-state index in [1.165, 1.54) is 24.1 Å². The molecule has 1 saturated heterocycles. The number of hydrogen-bond donors (Lipinski definition) is 2. The minimum absolute atomic E-state index is 0.00460. The number of hydrogen-bond acceptors (Lipinski definition) is 4. The van der Waals surface area contributed by atoms with Crippen LogP contribution in [0.15, 0.2) is 41.0 Å². The molecule has 2 aromatic rings. The van der Waals surface area contributed by atoms with Gasteiger partial charge in [0, 0.05) is 31.0 Å². The predicted molar refractivity (Wildman–Crippen MR) is 105 cm³/mol. The highest BCUT2D eigenvalue weighted by Crippen LogP contribution is 2.26. The standard InChI is InChI=1S/C20H28N4O2/c1-15-13-16(8-9-17(15)24-10-4-5-11-24)22-20(25)21-14-18(23(2)3)19-7-6-12-26-19/h6-9,12-13,18H,4-5,10-11,14H2,1-3H3,(H2,21,22,25)/t18-/m1/s1. The van der Waals surface area contributed by atoms with Gasteiger partial charge in [-0.1, -0.05) is 0 Å². The minimum atomic E-state index is -0.211. The molecule has 2 amide bonds. The third-order valence-electron chi connectivity index (χ3n) is 4.85. The van der Waals surface area contributed by atoms with Gasteiger partial charge >= 0.3 is 6.03 Å². The van der Waals surface area contributed by atoms with Gasteiger partial charge < -0.3 is 20.0 Å². The molecule has 0 unspecified atom stereocenters. The molecule has 1 atom stereocenters. The lowest BCUT2D eigenvalue weighted by Crippen LogP contribution is -2.36. The zero-order chi connectivity index (χ0) is 18.5. The maximum absolute atomic E-state index is 12.3. The summed E-state index contributed by atoms with van der Waals surface area (Å²) in [6, 6.07) is 9.66. The Morgan fingerprint density at radius 1 is 1.27 bits per heavy atom. The fourth-order valence-electron chi connectivity index (χ4n) is 3.43. The average molecular weight is 356 g/mol. The third-order valence-corrected chi connectivity index (χ3v) is 4.85. The van der Waals surface area contributed by atoms with Gasteiger partial charge in [0.2, 0.25) is 0 Å². The maximum atomic E-state index is 12.3. The molecule has 1 aliphatic rings. The zero-order valence-corrected chi connectivity index (χ0v) is 15.8. The summed E-state index contributed by atoms with van der Waals surface area (Å²) in [4.78, 5) is 16.7. The highest BCUT2D eigenvalue weighted by Gasteiger charge is 2.18. The quantitative estimate of drug-likeness (QED) is 0.830. The number of carbonyl (C=O) groups is 1. The Balaban J connectivity index is 1.56. The van der Waals surface area contributed by atoms with Crippen LogP contribution in [0.1, 0.15) is 30.2 Å². The number of furan rings is 1. The second-order valence-electron chi connectivity index (χ2n) is 7.03. The van der Waals surface area contributed by atoms with E-state index >= 15 is 0 Å². The smallest absolute Gasteiger partial charge is 0.319 e. The summed E-state index contributed by atoms with van der Waals surface area (Å²) in [6.45, 7) is 4.80. The number of anilines is 2. The molecule has 140 valence electrons. The normalized spacial score (nSPS) is 15.3. The van der Waals surface area contributed by atoms with Crippen molar-refractivity contribution in [2.45, 2.75) is 25.8 Å². The fourth-order valence-corrected chi connectivity index (χ4v) is 3.43. The first-order valence-electron chi connectivity index (χ1n) is 9.15. The number of likely N-dealkylation sites (N-methyl/N-ethyl adjacent to an activating group) is 1. The summed E-state index contributed by atoms with van der Waals surface area (Å²) < 4.78 is 5.47. The molecule has 0 spiro atoms. The van der Waals surface area contributed by atoms with Crippen LogP contribution < -0.4 is 15.5 Å². The van der Waals surface area contributed by atoms with Crippen LogP contribution in [0.3, 0.4) is 0 Å². The van der Waals surface area contributed by atoms with Crippen LogP contribution in [-0.4, -0.2) is 44.7 Å². The predicted octanol–water partition coefficient (Wildman–Crippen LogP) is 3.61. The summed E-state index contributed by atoms with van der Waals surface area (Å²) in [7, 11) is 3.93. The van der Waals surface area contributed by atoms with Crippen LogP contribution in [0.2, 0.25) is 0 Å². The van der Waals surface area contributed by atoms with Gasteiger partial charge in [-0.2, -0.15) is 0 Å². The molecule has 2 N–H and O–H groups in total. The highest BCUT2D eigenvalue weighted by atomic mass is 16.3. The number of aryl methyl sites for hydroxylation is 1. The largest absolute Gasteiger partial charge is 0.468 e. The second kappa shape index (κ2) is 8.27. The van der Waals surface area contributed by atoms with Gasteiger partial charge in [-0.25, -0.2) is 4.79 Å². The topological polar surface area (TPSA) is 60.8 Å². The molecule has 0 bridgehead atoms. The molecule has 0 radical (unpaired) electrons. The molecule has 0 saturated carbocycles. The van der Waals surface area contributed by atoms with Gasteiger partial charge in [0.1, 0.15) is 5.76 Å². The number of urea groups is 1. The molecule has 1 aromatic carbocycles. The Morgan fingerprint density at radius 3 is 2.65 bits per heavy atom. The average Bonchev–Trinajstić information content (AvgIpc) is 3.28. The fraction of sp³-hybridized carbons (Fsp3) is 0.450. The lowest BCUT2D eigenvalue weighted by Gasteiger charge is -2.23. The first-order chi connectivity index (χ1) is 12.5. The van der Waals surface area contributed by atoms with Crippen molar-refractivity contribution in [3.63, 3.8) is 0 Å². The van der Waals surface area contributed by atoms with Crippen molar-refractivity contribution >= 4 is 17.4 Å². The number of amides is 2. The minimum Gasteiger partial charge on any atom is -0.468 e. The van der Waals surface area contributed by atoms with Crippen molar-refractivity contribution in [3.8, 4) is 0 Å². The molecular formula is C20H28N4O2. The first kappa shape index (κ1) is 18.3. The lowest BCUT2D eigenvalue weighted by molar-refractivity contribution is 0.233. The molecule has 1 aromatic heterocycles. The van der Waals surface area contributed by atoms with Crippen molar-refractivity contribution in [2.24, 2.45) is 0 Å². The molecule has 3 rings (SSSR count). The Morgan fingerprint density at radius 2 is 2.04 bits per heavy atom. The highest BCUT2D eigenvalue weighted by molar-refractivity contribution is 5.89. The molecule has 2 heterocycles. The van der Waals surface area contributed by atoms with Crippen molar-refractivity contribution in [1.82, 2.24) is 10.2 Å². The number of rotatable bonds is 6. The molecule has 6 nitrogen and oxygen atoms in total. The van der Waals surface area contributed by atoms with Crippen molar-refractivity contribution in [1.29, 1.82) is 0 Å². The number of nitrogens with one attached hydrogen (secondary N) is 2. The van der Waals surface area contributed by atoms with E-state index < -0.39 is 0 Å². The summed E-state index contributed by atoms with van der Waals surface area (Å²) in [5.74, 6) is 0.834. The Labute approximate surface area is 155 Å². The van der Waals surface area contributed by atoms with Gasteiger partial charge in [-0.15, -0.1) is 0 Å². The molecule has 0 aliphatic carbocycles. The van der Waals surface area contributed by atoms with Crippen LogP contribution in [0.5, 0.6) is 0 Å². The van der Waals surface area contributed by atoms with E-state index in [2.05, 4.69) is 28.5 Å². The summed E-state index contributed by atoms with van der Waals surface area (Å²) in [5.41, 5.74) is 3.26. The van der Waals surface area contributed by atoms with E-state index in [4.69, 9.17) is 4.42 Å². The van der Waals surface area contributed by atoms with Gasteiger partial charge in [0.25, 0.3) is 0 Å². The number of benzene rings is 1. The molecule has 6 heteroatoms. The molecule has 26 heavy (non-hydrogen) atoms. The third kappa shape index (κ3) is 4.38. The van der Waals surface area contributed by atoms with Gasteiger partial charge in [-0.3, -0.25) is 4.90 Å². The Hall–Kier alpha value is -2.47. The van der Waals surface area contributed by atoms with Crippen LogP contribution in [0, 0.1) is 6.92 Å². The number of nitrogens with zero attached hydrogens (tertiary/aromatic N) is 2. The first-order valence-corrected chi connectivity index (χ1v) is 9.15. The summed E-state index contributed by atoms with van der Waals surface area (Å²) in [6.07, 6.45) is 4.16.